The fourth-order valence-corrected chi connectivity index (χ4v) is 2.61. The van der Waals surface area contributed by atoms with Crippen LogP contribution in [-0.4, -0.2) is 10.5 Å². The van der Waals surface area contributed by atoms with Gasteiger partial charge in [0.05, 0.1) is 0 Å². The molecule has 0 fully saturated rings. The molecule has 0 heterocycles. The predicted molar refractivity (Wildman–Crippen MR) is 75.9 cm³/mol. The van der Waals surface area contributed by atoms with Crippen molar-refractivity contribution in [1.82, 2.24) is 0 Å². The topological polar surface area (TPSA) is 17.1 Å². The molecule has 17 heavy (non-hydrogen) atoms. The molecular formula is C15H22OS. The fraction of sp³-hybridized carbons (Fsp3) is 0.533. The van der Waals surface area contributed by atoms with Crippen molar-refractivity contribution in [2.75, 3.05) is 0 Å². The summed E-state index contributed by atoms with van der Waals surface area (Å²) in [4.78, 5) is 13.1. The van der Waals surface area contributed by atoms with Crippen LogP contribution in [0.4, 0.5) is 0 Å². The lowest BCUT2D eigenvalue weighted by atomic mass is 10.1. The van der Waals surface area contributed by atoms with E-state index in [9.17, 15) is 4.79 Å². The molecule has 0 aliphatic carbocycles. The monoisotopic (exact) mass is 250 g/mol. The van der Waals surface area contributed by atoms with Crippen LogP contribution in [0.5, 0.6) is 0 Å². The molecule has 2 heteroatoms. The largest absolute Gasteiger partial charge is 0.294 e. The first-order valence-corrected chi connectivity index (χ1v) is 7.06. The van der Waals surface area contributed by atoms with Crippen molar-refractivity contribution in [3.05, 3.63) is 29.8 Å². The molecule has 0 saturated heterocycles. The lowest BCUT2D eigenvalue weighted by molar-refractivity contribution is 0.0979. The maximum atomic E-state index is 11.9. The number of hydrogen-bond donors (Lipinski definition) is 0. The highest BCUT2D eigenvalue weighted by Gasteiger charge is 2.13. The van der Waals surface area contributed by atoms with Gasteiger partial charge in [0.25, 0.3) is 0 Å². The van der Waals surface area contributed by atoms with Gasteiger partial charge in [0.2, 0.25) is 0 Å². The van der Waals surface area contributed by atoms with Gasteiger partial charge in [0.1, 0.15) is 0 Å². The van der Waals surface area contributed by atoms with E-state index in [1.165, 1.54) is 4.90 Å². The van der Waals surface area contributed by atoms with Crippen molar-refractivity contribution in [3.63, 3.8) is 0 Å². The van der Waals surface area contributed by atoms with Crippen molar-refractivity contribution >= 4 is 17.5 Å². The lowest BCUT2D eigenvalue weighted by Crippen LogP contribution is -2.07. The minimum Gasteiger partial charge on any atom is -0.294 e. The summed E-state index contributed by atoms with van der Waals surface area (Å²) < 4.78 is 0.186. The smallest absolute Gasteiger partial charge is 0.162 e. The second-order valence-electron chi connectivity index (χ2n) is 5.27. The Labute approximate surface area is 109 Å². The SMILES string of the molecule is CCCCC(=O)c1cccc(SC(C)(C)C)c1. The summed E-state index contributed by atoms with van der Waals surface area (Å²) >= 11 is 1.80. The Morgan fingerprint density at radius 3 is 2.59 bits per heavy atom. The molecular weight excluding hydrogens is 228 g/mol. The number of hydrogen-bond acceptors (Lipinski definition) is 2. The first-order chi connectivity index (χ1) is 7.92. The second kappa shape index (κ2) is 6.25. The molecule has 0 unspecified atom stereocenters. The van der Waals surface area contributed by atoms with Crippen LogP contribution in [0.25, 0.3) is 0 Å². The summed E-state index contributed by atoms with van der Waals surface area (Å²) in [5.74, 6) is 0.267. The average molecular weight is 250 g/mol. The van der Waals surface area contributed by atoms with Crippen LogP contribution in [0.1, 0.15) is 57.3 Å². The molecule has 0 bridgehead atoms. The maximum Gasteiger partial charge on any atom is 0.162 e. The number of benzene rings is 1. The summed E-state index contributed by atoms with van der Waals surface area (Å²) in [5.41, 5.74) is 0.854. The summed E-state index contributed by atoms with van der Waals surface area (Å²) in [7, 11) is 0. The second-order valence-corrected chi connectivity index (χ2v) is 7.17. The summed E-state index contributed by atoms with van der Waals surface area (Å²) in [5, 5.41) is 0. The third kappa shape index (κ3) is 5.40. The number of ketones is 1. The van der Waals surface area contributed by atoms with Crippen LogP contribution in [0, 0.1) is 0 Å². The molecule has 1 aromatic rings. The first kappa shape index (κ1) is 14.3. The van der Waals surface area contributed by atoms with E-state index in [4.69, 9.17) is 0 Å². The molecule has 0 aliphatic rings. The average Bonchev–Trinajstić information content (AvgIpc) is 2.24. The lowest BCUT2D eigenvalue weighted by Gasteiger charge is -2.17. The maximum absolute atomic E-state index is 11.9. The van der Waals surface area contributed by atoms with Crippen molar-refractivity contribution in [2.24, 2.45) is 0 Å². The number of Topliss-reactive ketones (excluding diaryl/α,β-unsaturated/α-hetero) is 1. The van der Waals surface area contributed by atoms with Crippen LogP contribution in [-0.2, 0) is 0 Å². The number of thioether (sulfide) groups is 1. The van der Waals surface area contributed by atoms with Gasteiger partial charge in [-0.3, -0.25) is 4.79 Å². The molecule has 1 nitrogen and oxygen atoms in total. The summed E-state index contributed by atoms with van der Waals surface area (Å²) in [6.45, 7) is 8.66. The molecule has 1 aromatic carbocycles. The molecule has 0 spiro atoms. The standard InChI is InChI=1S/C15H22OS/c1-5-6-10-14(16)12-8-7-9-13(11-12)17-15(2,3)4/h7-9,11H,5-6,10H2,1-4H3. The Morgan fingerprint density at radius 2 is 2.00 bits per heavy atom. The number of unbranched alkanes of at least 4 members (excludes halogenated alkanes) is 1. The van der Waals surface area contributed by atoms with Gasteiger partial charge < -0.3 is 0 Å². The molecule has 0 aromatic heterocycles. The fourth-order valence-electron chi connectivity index (χ4n) is 1.57. The molecule has 0 saturated carbocycles. The normalized spacial score (nSPS) is 11.5. The molecule has 0 amide bonds. The van der Waals surface area contributed by atoms with E-state index in [2.05, 4.69) is 33.8 Å². The minimum atomic E-state index is 0.186. The van der Waals surface area contributed by atoms with Crippen LogP contribution in [0.2, 0.25) is 0 Å². The Kier molecular flexibility index (Phi) is 5.26. The zero-order chi connectivity index (χ0) is 12.9. The van der Waals surface area contributed by atoms with E-state index in [0.29, 0.717) is 6.42 Å². The van der Waals surface area contributed by atoms with Crippen molar-refractivity contribution in [3.8, 4) is 0 Å². The zero-order valence-corrected chi connectivity index (χ0v) is 12.1. The minimum absolute atomic E-state index is 0.186. The van der Waals surface area contributed by atoms with E-state index in [1.807, 2.05) is 18.2 Å². The molecule has 0 aliphatic heterocycles. The first-order valence-electron chi connectivity index (χ1n) is 6.24. The van der Waals surface area contributed by atoms with Crippen molar-refractivity contribution < 1.29 is 4.79 Å². The van der Waals surface area contributed by atoms with Gasteiger partial charge in [-0.25, -0.2) is 0 Å². The van der Waals surface area contributed by atoms with Gasteiger partial charge in [0.15, 0.2) is 5.78 Å². The number of rotatable bonds is 5. The molecule has 0 atom stereocenters. The van der Waals surface area contributed by atoms with E-state index in [-0.39, 0.29) is 10.5 Å². The van der Waals surface area contributed by atoms with Crippen LogP contribution in [0.15, 0.2) is 29.2 Å². The zero-order valence-electron chi connectivity index (χ0n) is 11.2. The Morgan fingerprint density at radius 1 is 1.29 bits per heavy atom. The van der Waals surface area contributed by atoms with Crippen LogP contribution in [0.3, 0.4) is 0 Å². The molecule has 0 radical (unpaired) electrons. The molecule has 0 N–H and O–H groups in total. The van der Waals surface area contributed by atoms with E-state index < -0.39 is 0 Å². The van der Waals surface area contributed by atoms with Crippen molar-refractivity contribution in [1.29, 1.82) is 0 Å². The third-order valence-electron chi connectivity index (χ3n) is 2.34. The highest BCUT2D eigenvalue weighted by molar-refractivity contribution is 8.00. The third-order valence-corrected chi connectivity index (χ3v) is 3.44. The van der Waals surface area contributed by atoms with E-state index in [0.717, 1.165) is 18.4 Å². The summed E-state index contributed by atoms with van der Waals surface area (Å²) in [6.07, 6.45) is 2.72. The van der Waals surface area contributed by atoms with Crippen LogP contribution < -0.4 is 0 Å². The van der Waals surface area contributed by atoms with Gasteiger partial charge in [-0.15, -0.1) is 11.8 Å². The predicted octanol–water partition coefficient (Wildman–Crippen LogP) is 4.95. The van der Waals surface area contributed by atoms with E-state index in [1.54, 1.807) is 11.8 Å². The highest BCUT2D eigenvalue weighted by atomic mass is 32.2. The van der Waals surface area contributed by atoms with Gasteiger partial charge in [-0.05, 0) is 18.6 Å². The van der Waals surface area contributed by atoms with Gasteiger partial charge >= 0.3 is 0 Å². The Hall–Kier alpha value is -0.760. The van der Waals surface area contributed by atoms with Crippen molar-refractivity contribution in [2.45, 2.75) is 56.6 Å². The quantitative estimate of drug-likeness (QED) is 0.543. The van der Waals surface area contributed by atoms with Gasteiger partial charge in [-0.2, -0.15) is 0 Å². The molecule has 94 valence electrons. The summed E-state index contributed by atoms with van der Waals surface area (Å²) in [6, 6.07) is 8.00. The van der Waals surface area contributed by atoms with E-state index >= 15 is 0 Å². The number of carbonyl (C=O) groups is 1. The van der Waals surface area contributed by atoms with Crippen LogP contribution >= 0.6 is 11.8 Å². The van der Waals surface area contributed by atoms with Gasteiger partial charge in [-0.1, -0.05) is 46.2 Å². The van der Waals surface area contributed by atoms with Gasteiger partial charge in [0, 0.05) is 21.6 Å². The number of carbonyl (C=O) groups excluding carboxylic acids is 1. The highest BCUT2D eigenvalue weighted by Crippen LogP contribution is 2.32. The molecule has 1 rings (SSSR count). The Bertz CT molecular complexity index is 377. The Balaban J connectivity index is 2.75.